The van der Waals surface area contributed by atoms with Crippen molar-refractivity contribution in [3.8, 4) is 10.4 Å². The Bertz CT molecular complexity index is 1280. The molecule has 9 heteroatoms. The van der Waals surface area contributed by atoms with Crippen LogP contribution in [0.5, 0.6) is 0 Å². The highest BCUT2D eigenvalue weighted by molar-refractivity contribution is 7.13. The summed E-state index contributed by atoms with van der Waals surface area (Å²) in [4.78, 5) is 50.7. The summed E-state index contributed by atoms with van der Waals surface area (Å²) >= 11 is 1.60. The highest BCUT2D eigenvalue weighted by Gasteiger charge is 2.44. The van der Waals surface area contributed by atoms with Gasteiger partial charge >= 0.3 is 0 Å². The molecule has 2 N–H and O–H groups in total. The summed E-state index contributed by atoms with van der Waals surface area (Å²) in [6, 6.07) is 9.78. The standard InChI is InChI=1S/C29H34N4O4S/c1-18-25(38-17-31-18)20-10-7-19(8-11-20)9-12-24(35)23-14-22(34)16-33(23)28(37)26(29(2,3)4)32-27(36)21-6-5-13-30-15-21/h5-8,10-11,13,15,17,22-23,26,34H,9,12,14,16H2,1-4H3,(H,32,36)/t22-,23+,26-/m1/s1. The van der Waals surface area contributed by atoms with Crippen LogP contribution in [0.4, 0.5) is 0 Å². The predicted molar refractivity (Wildman–Crippen MR) is 147 cm³/mol. The normalized spacial score (nSPS) is 18.3. The number of rotatable bonds is 8. The molecule has 0 unspecified atom stereocenters. The van der Waals surface area contributed by atoms with Crippen LogP contribution in [0.1, 0.15) is 55.2 Å². The lowest BCUT2D eigenvalue weighted by Crippen LogP contribution is -2.56. The third kappa shape index (κ3) is 6.34. The number of carbonyl (C=O) groups is 3. The molecule has 0 aliphatic carbocycles. The third-order valence-electron chi connectivity index (χ3n) is 6.87. The summed E-state index contributed by atoms with van der Waals surface area (Å²) in [5.74, 6) is -0.872. The third-order valence-corrected chi connectivity index (χ3v) is 7.85. The number of likely N-dealkylation sites (tertiary alicyclic amines) is 1. The minimum Gasteiger partial charge on any atom is -0.391 e. The Labute approximate surface area is 227 Å². The second-order valence-electron chi connectivity index (χ2n) is 10.8. The molecule has 0 radical (unpaired) electrons. The Morgan fingerprint density at radius 2 is 1.92 bits per heavy atom. The number of nitrogens with one attached hydrogen (secondary N) is 1. The molecule has 1 fully saturated rings. The number of β-amino-alcohol motifs (C(OH)–C–C–N with tert-alkyl or cyclic N) is 1. The number of carbonyl (C=O) groups excluding carboxylic acids is 3. The fraction of sp³-hybridized carbons (Fsp3) is 0.414. The number of aliphatic hydroxyl groups excluding tert-OH is 1. The molecule has 0 saturated carbocycles. The van der Waals surface area contributed by atoms with Crippen LogP contribution in [0.3, 0.4) is 0 Å². The Morgan fingerprint density at radius 3 is 2.53 bits per heavy atom. The van der Waals surface area contributed by atoms with E-state index in [9.17, 15) is 19.5 Å². The maximum Gasteiger partial charge on any atom is 0.253 e. The first-order chi connectivity index (χ1) is 18.0. The SMILES string of the molecule is Cc1ncsc1-c1ccc(CCC(=O)[C@@H]2C[C@@H](O)CN2C(=O)[C@@H](NC(=O)c2cccnc2)C(C)(C)C)cc1. The molecule has 1 aliphatic heterocycles. The average molecular weight is 535 g/mol. The molecule has 3 heterocycles. The van der Waals surface area contributed by atoms with Crippen molar-refractivity contribution in [3.63, 3.8) is 0 Å². The van der Waals surface area contributed by atoms with E-state index in [0.29, 0.717) is 12.0 Å². The first-order valence-corrected chi connectivity index (χ1v) is 13.6. The van der Waals surface area contributed by atoms with E-state index < -0.39 is 29.5 Å². The number of pyridine rings is 1. The Hall–Kier alpha value is -3.43. The van der Waals surface area contributed by atoms with E-state index in [1.165, 1.54) is 11.1 Å². The number of Topliss-reactive ketones (excluding diaryl/α,β-unsaturated/α-hetero) is 1. The molecule has 4 rings (SSSR count). The number of ketones is 1. The fourth-order valence-electron chi connectivity index (χ4n) is 4.72. The van der Waals surface area contributed by atoms with Crippen molar-refractivity contribution >= 4 is 28.9 Å². The highest BCUT2D eigenvalue weighted by Crippen LogP contribution is 2.29. The summed E-state index contributed by atoms with van der Waals surface area (Å²) < 4.78 is 0. The van der Waals surface area contributed by atoms with Gasteiger partial charge in [-0.15, -0.1) is 11.3 Å². The number of aromatic nitrogens is 2. The fourth-order valence-corrected chi connectivity index (χ4v) is 5.54. The van der Waals surface area contributed by atoms with Gasteiger partial charge < -0.3 is 15.3 Å². The van der Waals surface area contributed by atoms with Gasteiger partial charge in [-0.1, -0.05) is 45.0 Å². The summed E-state index contributed by atoms with van der Waals surface area (Å²) in [5, 5.41) is 13.2. The minimum atomic E-state index is -0.876. The van der Waals surface area contributed by atoms with Gasteiger partial charge in [-0.05, 0) is 42.0 Å². The van der Waals surface area contributed by atoms with Crippen LogP contribution in [0.25, 0.3) is 10.4 Å². The van der Waals surface area contributed by atoms with Crippen molar-refractivity contribution in [3.05, 3.63) is 71.1 Å². The molecule has 2 aromatic heterocycles. The molecular formula is C29H34N4O4S. The molecular weight excluding hydrogens is 500 g/mol. The average Bonchev–Trinajstić information content (AvgIpc) is 3.50. The lowest BCUT2D eigenvalue weighted by atomic mass is 9.85. The molecule has 8 nitrogen and oxygen atoms in total. The van der Waals surface area contributed by atoms with Gasteiger partial charge in [0, 0.05) is 31.8 Å². The van der Waals surface area contributed by atoms with Gasteiger partial charge in [0.05, 0.1) is 33.8 Å². The minimum absolute atomic E-state index is 0.0630. The summed E-state index contributed by atoms with van der Waals surface area (Å²) in [5.41, 5.74) is 4.67. The van der Waals surface area contributed by atoms with Gasteiger partial charge in [0.15, 0.2) is 5.78 Å². The van der Waals surface area contributed by atoms with Gasteiger partial charge in [-0.2, -0.15) is 0 Å². The van der Waals surface area contributed by atoms with Crippen molar-refractivity contribution in [1.29, 1.82) is 0 Å². The molecule has 38 heavy (non-hydrogen) atoms. The molecule has 1 saturated heterocycles. The van der Waals surface area contributed by atoms with Gasteiger partial charge in [0.25, 0.3) is 5.91 Å². The molecule has 2 amide bonds. The lowest BCUT2D eigenvalue weighted by Gasteiger charge is -2.35. The van der Waals surface area contributed by atoms with E-state index in [4.69, 9.17) is 0 Å². The first-order valence-electron chi connectivity index (χ1n) is 12.8. The van der Waals surface area contributed by atoms with E-state index >= 15 is 0 Å². The predicted octanol–water partition coefficient (Wildman–Crippen LogP) is 3.82. The lowest BCUT2D eigenvalue weighted by molar-refractivity contribution is -0.141. The van der Waals surface area contributed by atoms with E-state index in [1.54, 1.807) is 29.7 Å². The smallest absolute Gasteiger partial charge is 0.253 e. The second-order valence-corrected chi connectivity index (χ2v) is 11.7. The van der Waals surface area contributed by atoms with Crippen LogP contribution in [-0.4, -0.2) is 62.3 Å². The zero-order valence-corrected chi connectivity index (χ0v) is 23.0. The molecule has 1 aliphatic rings. The van der Waals surface area contributed by atoms with E-state index in [-0.39, 0.29) is 31.1 Å². The maximum absolute atomic E-state index is 13.7. The first kappa shape index (κ1) is 27.6. The van der Waals surface area contributed by atoms with Crippen LogP contribution in [0.2, 0.25) is 0 Å². The van der Waals surface area contributed by atoms with E-state index in [1.807, 2.05) is 57.5 Å². The van der Waals surface area contributed by atoms with E-state index in [2.05, 4.69) is 15.3 Å². The van der Waals surface area contributed by atoms with Crippen molar-refractivity contribution in [2.24, 2.45) is 5.41 Å². The van der Waals surface area contributed by atoms with Gasteiger partial charge in [-0.3, -0.25) is 19.4 Å². The molecule has 0 spiro atoms. The van der Waals surface area contributed by atoms with Crippen LogP contribution < -0.4 is 5.32 Å². The Kier molecular flexibility index (Phi) is 8.38. The number of hydrogen-bond donors (Lipinski definition) is 2. The van der Waals surface area contributed by atoms with Crippen LogP contribution in [0.15, 0.2) is 54.3 Å². The molecule has 200 valence electrons. The van der Waals surface area contributed by atoms with Crippen molar-refractivity contribution < 1.29 is 19.5 Å². The van der Waals surface area contributed by atoms with Gasteiger partial charge in [0.2, 0.25) is 5.91 Å². The molecule has 1 aromatic carbocycles. The maximum atomic E-state index is 13.7. The zero-order chi connectivity index (χ0) is 27.4. The number of aliphatic hydroxyl groups is 1. The quantitative estimate of drug-likeness (QED) is 0.454. The molecule has 3 aromatic rings. The van der Waals surface area contributed by atoms with Crippen molar-refractivity contribution in [2.45, 2.75) is 65.1 Å². The van der Waals surface area contributed by atoms with Crippen molar-refractivity contribution in [2.75, 3.05) is 6.54 Å². The summed E-state index contributed by atoms with van der Waals surface area (Å²) in [6.45, 7) is 7.63. The molecule has 3 atom stereocenters. The topological polar surface area (TPSA) is 112 Å². The zero-order valence-electron chi connectivity index (χ0n) is 22.2. The van der Waals surface area contributed by atoms with Crippen LogP contribution in [-0.2, 0) is 16.0 Å². The monoisotopic (exact) mass is 534 g/mol. The largest absolute Gasteiger partial charge is 0.391 e. The number of benzene rings is 1. The molecule has 0 bridgehead atoms. The van der Waals surface area contributed by atoms with Gasteiger partial charge in [-0.25, -0.2) is 4.98 Å². The van der Waals surface area contributed by atoms with Crippen molar-refractivity contribution in [1.82, 2.24) is 20.2 Å². The van der Waals surface area contributed by atoms with Crippen LogP contribution in [0, 0.1) is 12.3 Å². The number of amides is 2. The number of hydrogen-bond acceptors (Lipinski definition) is 7. The van der Waals surface area contributed by atoms with Crippen LogP contribution >= 0.6 is 11.3 Å². The Morgan fingerprint density at radius 1 is 1.18 bits per heavy atom. The number of nitrogens with zero attached hydrogens (tertiary/aromatic N) is 3. The van der Waals surface area contributed by atoms with E-state index in [0.717, 1.165) is 21.7 Å². The highest BCUT2D eigenvalue weighted by atomic mass is 32.1. The Balaban J connectivity index is 1.43. The summed E-state index contributed by atoms with van der Waals surface area (Å²) in [7, 11) is 0. The number of aryl methyl sites for hydroxylation is 2. The van der Waals surface area contributed by atoms with Gasteiger partial charge in [0.1, 0.15) is 6.04 Å². The summed E-state index contributed by atoms with van der Waals surface area (Å²) in [6.07, 6.45) is 3.21. The number of thiazole rings is 1. The second kappa shape index (κ2) is 11.5.